The third-order valence-electron chi connectivity index (χ3n) is 2.75. The van der Waals surface area contributed by atoms with Crippen molar-refractivity contribution in [3.05, 3.63) is 35.4 Å². The second-order valence-corrected chi connectivity index (χ2v) is 4.33. The molecule has 0 N–H and O–H groups in total. The highest BCUT2D eigenvalue weighted by Crippen LogP contribution is 2.20. The van der Waals surface area contributed by atoms with Crippen LogP contribution in [-0.2, 0) is 16.0 Å². The van der Waals surface area contributed by atoms with Crippen LogP contribution in [-0.4, -0.2) is 13.1 Å². The van der Waals surface area contributed by atoms with Crippen LogP contribution in [0.2, 0.25) is 0 Å². The Labute approximate surface area is 99.6 Å². The number of rotatable bonds is 4. The maximum absolute atomic E-state index is 13.0. The zero-order chi connectivity index (χ0) is 13.0. The molecule has 2 nitrogen and oxygen atoms in total. The van der Waals surface area contributed by atoms with Gasteiger partial charge in [0.1, 0.15) is 0 Å². The molecule has 94 valence electrons. The summed E-state index contributed by atoms with van der Waals surface area (Å²) in [6.45, 7) is 3.78. The molecule has 0 aliphatic carbocycles. The van der Waals surface area contributed by atoms with Crippen LogP contribution in [0.1, 0.15) is 19.4 Å². The Morgan fingerprint density at radius 1 is 1.29 bits per heavy atom. The minimum atomic E-state index is -0.894. The molecule has 1 rings (SSSR count). The summed E-state index contributed by atoms with van der Waals surface area (Å²) < 4.78 is 30.5. The molecule has 0 aromatic heterocycles. The maximum Gasteiger partial charge on any atom is 0.309 e. The van der Waals surface area contributed by atoms with Gasteiger partial charge in [0.2, 0.25) is 0 Å². The number of hydrogen-bond acceptors (Lipinski definition) is 2. The van der Waals surface area contributed by atoms with Crippen molar-refractivity contribution in [3.63, 3.8) is 0 Å². The summed E-state index contributed by atoms with van der Waals surface area (Å²) in [5, 5.41) is 0. The number of benzene rings is 1. The van der Waals surface area contributed by atoms with Crippen LogP contribution in [0, 0.1) is 23.5 Å². The van der Waals surface area contributed by atoms with E-state index >= 15 is 0 Å². The smallest absolute Gasteiger partial charge is 0.309 e. The molecule has 0 radical (unpaired) electrons. The van der Waals surface area contributed by atoms with E-state index in [1.54, 1.807) is 0 Å². The first-order chi connectivity index (χ1) is 7.95. The first-order valence-corrected chi connectivity index (χ1v) is 5.47. The second-order valence-electron chi connectivity index (χ2n) is 4.33. The van der Waals surface area contributed by atoms with Gasteiger partial charge in [-0.1, -0.05) is 19.9 Å². The van der Waals surface area contributed by atoms with Gasteiger partial charge in [-0.2, -0.15) is 0 Å². The quantitative estimate of drug-likeness (QED) is 0.759. The predicted molar refractivity (Wildman–Crippen MR) is 60.4 cm³/mol. The Kier molecular flexibility index (Phi) is 4.61. The average Bonchev–Trinajstić information content (AvgIpc) is 2.29. The minimum Gasteiger partial charge on any atom is -0.469 e. The molecule has 0 spiro atoms. The van der Waals surface area contributed by atoms with Gasteiger partial charge in [-0.05, 0) is 30.0 Å². The normalized spacial score (nSPS) is 12.6. The molecule has 0 fully saturated rings. The number of methoxy groups -OCH3 is 1. The van der Waals surface area contributed by atoms with E-state index in [4.69, 9.17) is 4.74 Å². The highest BCUT2D eigenvalue weighted by Gasteiger charge is 2.23. The summed E-state index contributed by atoms with van der Waals surface area (Å²) in [7, 11) is 1.32. The molecule has 1 atom stereocenters. The van der Waals surface area contributed by atoms with E-state index in [-0.39, 0.29) is 17.8 Å². The molecule has 0 bridgehead atoms. The van der Waals surface area contributed by atoms with Crippen molar-refractivity contribution < 1.29 is 18.3 Å². The van der Waals surface area contributed by atoms with Crippen LogP contribution in [0.4, 0.5) is 8.78 Å². The van der Waals surface area contributed by atoms with Crippen molar-refractivity contribution in [1.29, 1.82) is 0 Å². The summed E-state index contributed by atoms with van der Waals surface area (Å²) in [6, 6.07) is 3.67. The Hall–Kier alpha value is -1.45. The molecule has 0 heterocycles. The van der Waals surface area contributed by atoms with Gasteiger partial charge >= 0.3 is 5.97 Å². The van der Waals surface area contributed by atoms with Gasteiger partial charge < -0.3 is 4.74 Å². The van der Waals surface area contributed by atoms with Gasteiger partial charge in [0.15, 0.2) is 11.6 Å². The van der Waals surface area contributed by atoms with Crippen LogP contribution >= 0.6 is 0 Å². The molecular weight excluding hydrogens is 226 g/mol. The first-order valence-electron chi connectivity index (χ1n) is 5.47. The molecule has 0 saturated carbocycles. The predicted octanol–water partition coefficient (Wildman–Crippen LogP) is 2.95. The minimum absolute atomic E-state index is 0.0792. The highest BCUT2D eigenvalue weighted by atomic mass is 19.2. The number of esters is 1. The lowest BCUT2D eigenvalue weighted by molar-refractivity contribution is -0.146. The van der Waals surface area contributed by atoms with Crippen LogP contribution < -0.4 is 0 Å². The van der Waals surface area contributed by atoms with Crippen molar-refractivity contribution in [2.24, 2.45) is 11.8 Å². The third kappa shape index (κ3) is 3.51. The fourth-order valence-electron chi connectivity index (χ4n) is 1.66. The van der Waals surface area contributed by atoms with Gasteiger partial charge in [0.05, 0.1) is 13.0 Å². The summed E-state index contributed by atoms with van der Waals surface area (Å²) in [5.74, 6) is -2.37. The molecule has 17 heavy (non-hydrogen) atoms. The van der Waals surface area contributed by atoms with E-state index < -0.39 is 11.6 Å². The first kappa shape index (κ1) is 13.6. The average molecular weight is 242 g/mol. The molecule has 0 aliphatic heterocycles. The van der Waals surface area contributed by atoms with Crippen molar-refractivity contribution in [2.75, 3.05) is 7.11 Å². The van der Waals surface area contributed by atoms with Gasteiger partial charge in [-0.3, -0.25) is 4.79 Å². The molecule has 4 heteroatoms. The SMILES string of the molecule is COC(=O)C(Cc1ccc(F)c(F)c1)C(C)C. The zero-order valence-corrected chi connectivity index (χ0v) is 10.2. The summed E-state index contributed by atoms with van der Waals surface area (Å²) >= 11 is 0. The van der Waals surface area contributed by atoms with E-state index in [1.807, 2.05) is 13.8 Å². The largest absolute Gasteiger partial charge is 0.469 e. The molecule has 1 aromatic rings. The number of carbonyl (C=O) groups excluding carboxylic acids is 1. The van der Waals surface area contributed by atoms with Crippen molar-refractivity contribution >= 4 is 5.97 Å². The fraction of sp³-hybridized carbons (Fsp3) is 0.462. The van der Waals surface area contributed by atoms with Gasteiger partial charge in [-0.15, -0.1) is 0 Å². The molecule has 1 aromatic carbocycles. The Bertz CT molecular complexity index is 402. The standard InChI is InChI=1S/C13H16F2O2/c1-8(2)10(13(16)17-3)6-9-4-5-11(14)12(15)7-9/h4-5,7-8,10H,6H2,1-3H3. The summed E-state index contributed by atoms with van der Waals surface area (Å²) in [5.41, 5.74) is 0.591. The maximum atomic E-state index is 13.0. The van der Waals surface area contributed by atoms with E-state index in [2.05, 4.69) is 0 Å². The van der Waals surface area contributed by atoms with Gasteiger partial charge in [0, 0.05) is 0 Å². The Morgan fingerprint density at radius 2 is 1.94 bits per heavy atom. The molecule has 0 saturated heterocycles. The highest BCUT2D eigenvalue weighted by molar-refractivity contribution is 5.72. The number of hydrogen-bond donors (Lipinski definition) is 0. The molecular formula is C13H16F2O2. The monoisotopic (exact) mass is 242 g/mol. The van der Waals surface area contributed by atoms with Crippen LogP contribution in [0.15, 0.2) is 18.2 Å². The van der Waals surface area contributed by atoms with Crippen LogP contribution in [0.25, 0.3) is 0 Å². The summed E-state index contributed by atoms with van der Waals surface area (Å²) in [4.78, 5) is 11.5. The Morgan fingerprint density at radius 3 is 2.41 bits per heavy atom. The Balaban J connectivity index is 2.86. The summed E-state index contributed by atoms with van der Waals surface area (Å²) in [6.07, 6.45) is 0.349. The van der Waals surface area contributed by atoms with Crippen molar-refractivity contribution in [1.82, 2.24) is 0 Å². The molecule has 0 amide bonds. The molecule has 0 aliphatic rings. The number of ether oxygens (including phenoxy) is 1. The lowest BCUT2D eigenvalue weighted by Crippen LogP contribution is -2.24. The third-order valence-corrected chi connectivity index (χ3v) is 2.75. The van der Waals surface area contributed by atoms with Gasteiger partial charge in [-0.25, -0.2) is 8.78 Å². The number of carbonyl (C=O) groups is 1. The second kappa shape index (κ2) is 5.75. The van der Waals surface area contributed by atoms with E-state index in [0.717, 1.165) is 12.1 Å². The topological polar surface area (TPSA) is 26.3 Å². The van der Waals surface area contributed by atoms with Gasteiger partial charge in [0.25, 0.3) is 0 Å². The van der Waals surface area contributed by atoms with Crippen LogP contribution in [0.5, 0.6) is 0 Å². The zero-order valence-electron chi connectivity index (χ0n) is 10.2. The van der Waals surface area contributed by atoms with Crippen molar-refractivity contribution in [2.45, 2.75) is 20.3 Å². The van der Waals surface area contributed by atoms with E-state index in [9.17, 15) is 13.6 Å². The number of halogens is 2. The van der Waals surface area contributed by atoms with E-state index in [1.165, 1.54) is 13.2 Å². The molecule has 1 unspecified atom stereocenters. The lowest BCUT2D eigenvalue weighted by atomic mass is 9.89. The van der Waals surface area contributed by atoms with Crippen molar-refractivity contribution in [3.8, 4) is 0 Å². The van der Waals surface area contributed by atoms with Crippen LogP contribution in [0.3, 0.4) is 0 Å². The fourth-order valence-corrected chi connectivity index (χ4v) is 1.66. The van der Waals surface area contributed by atoms with E-state index in [0.29, 0.717) is 12.0 Å². The lowest BCUT2D eigenvalue weighted by Gasteiger charge is -2.18.